The Morgan fingerprint density at radius 1 is 1.25 bits per heavy atom. The van der Waals surface area contributed by atoms with Crippen molar-refractivity contribution >= 4 is 23.5 Å². The Kier molecular flexibility index (Phi) is 9.02. The predicted octanol–water partition coefficient (Wildman–Crippen LogP) is 2.60. The maximum absolute atomic E-state index is 11.9. The lowest BCUT2D eigenvalue weighted by Gasteiger charge is -2.06. The molecule has 0 saturated carbocycles. The van der Waals surface area contributed by atoms with Gasteiger partial charge in [0.15, 0.2) is 0 Å². The Morgan fingerprint density at radius 3 is 2.67 bits per heavy atom. The molecule has 0 saturated heterocycles. The largest absolute Gasteiger partial charge is 0.481 e. The van der Waals surface area contributed by atoms with Gasteiger partial charge in [-0.1, -0.05) is 36.2 Å². The molecule has 7 heteroatoms. The van der Waals surface area contributed by atoms with E-state index in [9.17, 15) is 9.59 Å². The maximum atomic E-state index is 11.9. The second-order valence-electron chi connectivity index (χ2n) is 5.10. The van der Waals surface area contributed by atoms with E-state index in [2.05, 4.69) is 10.6 Å². The molecule has 1 aromatic carbocycles. The van der Waals surface area contributed by atoms with Crippen LogP contribution in [0.1, 0.15) is 31.2 Å². The van der Waals surface area contributed by atoms with Crippen LogP contribution in [0.25, 0.3) is 0 Å². The summed E-state index contributed by atoms with van der Waals surface area (Å²) in [7, 11) is 0. The molecule has 1 rings (SSSR count). The molecule has 0 aromatic heterocycles. The summed E-state index contributed by atoms with van der Waals surface area (Å²) in [6.45, 7) is 0.815. The average molecular weight is 350 g/mol. The lowest BCUT2D eigenvalue weighted by Crippen LogP contribution is -2.26. The van der Waals surface area contributed by atoms with Gasteiger partial charge in [-0.05, 0) is 24.5 Å². The lowest BCUT2D eigenvalue weighted by atomic mass is 10.2. The van der Waals surface area contributed by atoms with E-state index in [1.54, 1.807) is 6.07 Å². The first-order valence-corrected chi connectivity index (χ1v) is 7.99. The third-order valence-electron chi connectivity index (χ3n) is 3.21. The summed E-state index contributed by atoms with van der Waals surface area (Å²) < 4.78 is 0. The number of benzene rings is 1. The number of carbonyl (C=O) groups is 2. The lowest BCUT2D eigenvalue weighted by molar-refractivity contribution is -0.137. The number of carboxylic acids is 1. The Bertz CT molecular complexity index is 638. The van der Waals surface area contributed by atoms with Gasteiger partial charge in [-0.25, -0.2) is 0 Å². The van der Waals surface area contributed by atoms with E-state index in [0.29, 0.717) is 37.4 Å². The second kappa shape index (κ2) is 11.1. The van der Waals surface area contributed by atoms with Gasteiger partial charge in [-0.3, -0.25) is 9.59 Å². The van der Waals surface area contributed by atoms with Crippen LogP contribution in [-0.2, 0) is 16.1 Å². The van der Waals surface area contributed by atoms with Crippen LogP contribution >= 0.6 is 11.6 Å². The summed E-state index contributed by atoms with van der Waals surface area (Å²) in [6, 6.07) is 9.15. The Hall–Kier alpha value is -2.52. The van der Waals surface area contributed by atoms with E-state index in [1.165, 1.54) is 6.20 Å². The van der Waals surface area contributed by atoms with Gasteiger partial charge in [-0.15, -0.1) is 0 Å². The van der Waals surface area contributed by atoms with Crippen molar-refractivity contribution < 1.29 is 14.7 Å². The van der Waals surface area contributed by atoms with E-state index >= 15 is 0 Å². The highest BCUT2D eigenvalue weighted by Crippen LogP contribution is 2.14. The molecule has 1 amide bonds. The van der Waals surface area contributed by atoms with E-state index in [-0.39, 0.29) is 12.0 Å². The normalized spacial score (nSPS) is 10.8. The first-order valence-electron chi connectivity index (χ1n) is 7.61. The molecule has 0 bridgehead atoms. The van der Waals surface area contributed by atoms with Crippen molar-refractivity contribution in [3.63, 3.8) is 0 Å². The van der Waals surface area contributed by atoms with Crippen LogP contribution < -0.4 is 10.6 Å². The number of carboxylic acid groups (broad SMARTS) is 1. The minimum Gasteiger partial charge on any atom is -0.481 e. The second-order valence-corrected chi connectivity index (χ2v) is 5.51. The zero-order valence-electron chi connectivity index (χ0n) is 13.2. The van der Waals surface area contributed by atoms with Crippen LogP contribution in [0, 0.1) is 11.3 Å². The molecule has 3 N–H and O–H groups in total. The number of nitriles is 1. The number of nitrogens with one attached hydrogen (secondary N) is 2. The highest BCUT2D eigenvalue weighted by atomic mass is 35.5. The zero-order chi connectivity index (χ0) is 17.8. The Labute approximate surface area is 146 Å². The molecule has 0 heterocycles. The van der Waals surface area contributed by atoms with Crippen molar-refractivity contribution in [3.05, 3.63) is 46.6 Å². The summed E-state index contributed by atoms with van der Waals surface area (Å²) >= 11 is 6.02. The average Bonchev–Trinajstić information content (AvgIpc) is 2.56. The van der Waals surface area contributed by atoms with Crippen LogP contribution in [0.2, 0.25) is 5.02 Å². The molecule has 6 nitrogen and oxygen atoms in total. The van der Waals surface area contributed by atoms with Gasteiger partial charge in [0.25, 0.3) is 5.91 Å². The first-order chi connectivity index (χ1) is 11.5. The van der Waals surface area contributed by atoms with Crippen molar-refractivity contribution in [3.8, 4) is 6.07 Å². The van der Waals surface area contributed by atoms with Gasteiger partial charge in [-0.2, -0.15) is 5.26 Å². The number of hydrogen-bond acceptors (Lipinski definition) is 4. The molecule has 0 aliphatic rings. The monoisotopic (exact) mass is 349 g/mol. The minimum absolute atomic E-state index is 0.0208. The smallest absolute Gasteiger partial charge is 0.303 e. The molecule has 0 aliphatic carbocycles. The Morgan fingerprint density at radius 2 is 2.00 bits per heavy atom. The SMILES string of the molecule is N#C/C(=C/NCc1ccccc1Cl)C(=O)NCCCCCC(=O)O. The van der Waals surface area contributed by atoms with Gasteiger partial charge in [0.2, 0.25) is 0 Å². The summed E-state index contributed by atoms with van der Waals surface area (Å²) in [4.78, 5) is 22.2. The number of nitrogens with zero attached hydrogens (tertiary/aromatic N) is 1. The molecule has 24 heavy (non-hydrogen) atoms. The number of aliphatic carboxylic acids is 1. The van der Waals surface area contributed by atoms with E-state index < -0.39 is 11.9 Å². The topological polar surface area (TPSA) is 102 Å². The van der Waals surface area contributed by atoms with Crippen LogP contribution in [0.5, 0.6) is 0 Å². The number of hydrogen-bond donors (Lipinski definition) is 3. The number of carbonyl (C=O) groups excluding carboxylic acids is 1. The van der Waals surface area contributed by atoms with Crippen LogP contribution in [0.4, 0.5) is 0 Å². The van der Waals surface area contributed by atoms with Crippen LogP contribution in [0.3, 0.4) is 0 Å². The molecule has 0 fully saturated rings. The van der Waals surface area contributed by atoms with Gasteiger partial charge >= 0.3 is 5.97 Å². The highest BCUT2D eigenvalue weighted by molar-refractivity contribution is 6.31. The predicted molar refractivity (Wildman–Crippen MR) is 91.1 cm³/mol. The van der Waals surface area contributed by atoms with Crippen molar-refractivity contribution in [2.24, 2.45) is 0 Å². The standard InChI is InChI=1S/C17H20ClN3O3/c18-15-7-4-3-6-13(15)11-20-12-14(10-19)17(24)21-9-5-1-2-8-16(22)23/h3-4,6-7,12,20H,1-2,5,8-9,11H2,(H,21,24)(H,22,23)/b14-12-. The van der Waals surface area contributed by atoms with Crippen molar-refractivity contribution in [2.45, 2.75) is 32.2 Å². The van der Waals surface area contributed by atoms with E-state index in [1.807, 2.05) is 24.3 Å². The van der Waals surface area contributed by atoms with E-state index in [0.717, 1.165) is 5.56 Å². The van der Waals surface area contributed by atoms with Gasteiger partial charge in [0, 0.05) is 30.7 Å². The third kappa shape index (κ3) is 7.65. The van der Waals surface area contributed by atoms with Crippen LogP contribution in [0.15, 0.2) is 36.0 Å². The highest BCUT2D eigenvalue weighted by Gasteiger charge is 2.08. The molecular weight excluding hydrogens is 330 g/mol. The molecule has 0 atom stereocenters. The maximum Gasteiger partial charge on any atom is 0.303 e. The van der Waals surface area contributed by atoms with Crippen molar-refractivity contribution in [2.75, 3.05) is 6.54 Å². The molecule has 128 valence electrons. The zero-order valence-corrected chi connectivity index (χ0v) is 14.0. The molecule has 0 aliphatic heterocycles. The van der Waals surface area contributed by atoms with Gasteiger partial charge in [0.1, 0.15) is 11.6 Å². The van der Waals surface area contributed by atoms with Crippen molar-refractivity contribution in [1.29, 1.82) is 5.26 Å². The fraction of sp³-hybridized carbons (Fsp3) is 0.353. The number of unbranched alkanes of at least 4 members (excludes halogenated alkanes) is 2. The number of rotatable bonds is 10. The molecule has 0 radical (unpaired) electrons. The van der Waals surface area contributed by atoms with Crippen LogP contribution in [-0.4, -0.2) is 23.5 Å². The third-order valence-corrected chi connectivity index (χ3v) is 3.58. The quantitative estimate of drug-likeness (QED) is 0.342. The molecule has 0 unspecified atom stereocenters. The molecule has 1 aromatic rings. The fourth-order valence-electron chi connectivity index (χ4n) is 1.93. The van der Waals surface area contributed by atoms with Crippen molar-refractivity contribution in [1.82, 2.24) is 10.6 Å². The number of amides is 1. The summed E-state index contributed by atoms with van der Waals surface area (Å²) in [5, 5.41) is 23.7. The first kappa shape index (κ1) is 19.5. The molecule has 0 spiro atoms. The summed E-state index contributed by atoms with van der Waals surface area (Å²) in [5.41, 5.74) is 0.846. The molecular formula is C17H20ClN3O3. The van der Waals surface area contributed by atoms with Gasteiger partial charge < -0.3 is 15.7 Å². The summed E-state index contributed by atoms with van der Waals surface area (Å²) in [5.74, 6) is -1.28. The number of halogens is 1. The van der Waals surface area contributed by atoms with E-state index in [4.69, 9.17) is 22.0 Å². The fourth-order valence-corrected chi connectivity index (χ4v) is 2.13. The summed E-state index contributed by atoms with van der Waals surface area (Å²) in [6.07, 6.45) is 3.45. The Balaban J connectivity index is 2.34. The minimum atomic E-state index is -0.821. The van der Waals surface area contributed by atoms with Gasteiger partial charge in [0.05, 0.1) is 0 Å².